The number of rotatable bonds is 6. The van der Waals surface area contributed by atoms with E-state index in [1.165, 1.54) is 0 Å². The molecule has 0 fully saturated rings. The summed E-state index contributed by atoms with van der Waals surface area (Å²) in [7, 11) is 0. The zero-order valence-electron chi connectivity index (χ0n) is 11.0. The van der Waals surface area contributed by atoms with Crippen LogP contribution in [0.2, 0.25) is 0 Å². The molecule has 0 heterocycles. The van der Waals surface area contributed by atoms with Crippen molar-refractivity contribution in [3.8, 4) is 0 Å². The van der Waals surface area contributed by atoms with E-state index in [0.29, 0.717) is 6.54 Å². The van der Waals surface area contributed by atoms with Crippen LogP contribution in [0, 0.1) is 11.6 Å². The third-order valence-corrected chi connectivity index (χ3v) is 2.61. The standard InChI is InChI=1S/C13H18F2N2O2/c1-9(2)17(3-4-18)8-13(19)16-12-6-10(14)5-11(15)7-12/h5-7,9,18H,3-4,8H2,1-2H3,(H,16,19). The highest BCUT2D eigenvalue weighted by atomic mass is 19.1. The van der Waals surface area contributed by atoms with E-state index in [-0.39, 0.29) is 30.8 Å². The van der Waals surface area contributed by atoms with Crippen molar-refractivity contribution in [3.63, 3.8) is 0 Å². The molecular weight excluding hydrogens is 254 g/mol. The number of halogens is 2. The minimum Gasteiger partial charge on any atom is -0.395 e. The van der Waals surface area contributed by atoms with E-state index in [0.717, 1.165) is 18.2 Å². The number of hydrogen-bond acceptors (Lipinski definition) is 3. The molecule has 1 aromatic rings. The first kappa shape index (κ1) is 15.5. The van der Waals surface area contributed by atoms with Crippen LogP contribution in [0.5, 0.6) is 0 Å². The molecule has 4 nitrogen and oxygen atoms in total. The molecular formula is C13H18F2N2O2. The highest BCUT2D eigenvalue weighted by Crippen LogP contribution is 2.12. The van der Waals surface area contributed by atoms with Crippen molar-refractivity contribution in [2.45, 2.75) is 19.9 Å². The quantitative estimate of drug-likeness (QED) is 0.827. The lowest BCUT2D eigenvalue weighted by atomic mass is 10.2. The monoisotopic (exact) mass is 272 g/mol. The molecule has 0 unspecified atom stereocenters. The summed E-state index contributed by atoms with van der Waals surface area (Å²) in [6.45, 7) is 4.15. The lowest BCUT2D eigenvalue weighted by Gasteiger charge is -2.24. The average molecular weight is 272 g/mol. The Morgan fingerprint density at radius 3 is 2.37 bits per heavy atom. The van der Waals surface area contributed by atoms with Crippen LogP contribution in [0.25, 0.3) is 0 Å². The van der Waals surface area contributed by atoms with Gasteiger partial charge in [0.15, 0.2) is 0 Å². The lowest BCUT2D eigenvalue weighted by molar-refractivity contribution is -0.117. The van der Waals surface area contributed by atoms with E-state index >= 15 is 0 Å². The number of hydrogen-bond donors (Lipinski definition) is 2. The van der Waals surface area contributed by atoms with Gasteiger partial charge in [-0.05, 0) is 26.0 Å². The summed E-state index contributed by atoms with van der Waals surface area (Å²) in [5, 5.41) is 11.3. The van der Waals surface area contributed by atoms with Gasteiger partial charge >= 0.3 is 0 Å². The van der Waals surface area contributed by atoms with Crippen LogP contribution >= 0.6 is 0 Å². The Morgan fingerprint density at radius 1 is 1.32 bits per heavy atom. The van der Waals surface area contributed by atoms with Gasteiger partial charge in [-0.3, -0.25) is 9.69 Å². The van der Waals surface area contributed by atoms with E-state index in [2.05, 4.69) is 5.32 Å². The first-order chi connectivity index (χ1) is 8.92. The molecule has 0 aliphatic heterocycles. The molecule has 0 saturated carbocycles. The predicted octanol–water partition coefficient (Wildman–Crippen LogP) is 1.61. The molecule has 0 aliphatic carbocycles. The van der Waals surface area contributed by atoms with Crippen LogP contribution in [0.4, 0.5) is 14.5 Å². The molecule has 0 aliphatic rings. The van der Waals surface area contributed by atoms with Gasteiger partial charge in [-0.15, -0.1) is 0 Å². The van der Waals surface area contributed by atoms with Gasteiger partial charge in [0.1, 0.15) is 11.6 Å². The summed E-state index contributed by atoms with van der Waals surface area (Å²) in [6, 6.07) is 2.92. The Kier molecular flexibility index (Phi) is 5.85. The molecule has 1 amide bonds. The normalized spacial score (nSPS) is 11.1. The van der Waals surface area contributed by atoms with Crippen molar-refractivity contribution in [1.29, 1.82) is 0 Å². The number of aliphatic hydroxyl groups is 1. The largest absolute Gasteiger partial charge is 0.395 e. The summed E-state index contributed by atoms with van der Waals surface area (Å²) in [6.07, 6.45) is 0. The first-order valence-corrected chi connectivity index (χ1v) is 6.03. The average Bonchev–Trinajstić information content (AvgIpc) is 2.26. The highest BCUT2D eigenvalue weighted by Gasteiger charge is 2.14. The zero-order chi connectivity index (χ0) is 14.4. The second kappa shape index (κ2) is 7.16. The van der Waals surface area contributed by atoms with E-state index < -0.39 is 11.6 Å². The second-order valence-corrected chi connectivity index (χ2v) is 4.49. The van der Waals surface area contributed by atoms with Crippen LogP contribution in [0.3, 0.4) is 0 Å². The summed E-state index contributed by atoms with van der Waals surface area (Å²) >= 11 is 0. The SMILES string of the molecule is CC(C)N(CCO)CC(=O)Nc1cc(F)cc(F)c1. The van der Waals surface area contributed by atoms with Crippen molar-refractivity contribution in [2.24, 2.45) is 0 Å². The van der Waals surface area contributed by atoms with Crippen molar-refractivity contribution in [1.82, 2.24) is 4.90 Å². The molecule has 0 saturated heterocycles. The molecule has 0 spiro atoms. The molecule has 1 rings (SSSR count). The minimum absolute atomic E-state index is 0.0519. The van der Waals surface area contributed by atoms with Crippen LogP contribution in [0.15, 0.2) is 18.2 Å². The summed E-state index contributed by atoms with van der Waals surface area (Å²) in [4.78, 5) is 13.5. The van der Waals surface area contributed by atoms with Crippen LogP contribution < -0.4 is 5.32 Å². The van der Waals surface area contributed by atoms with Gasteiger partial charge in [-0.25, -0.2) is 8.78 Å². The van der Waals surface area contributed by atoms with Crippen molar-refractivity contribution < 1.29 is 18.7 Å². The van der Waals surface area contributed by atoms with Crippen LogP contribution in [-0.2, 0) is 4.79 Å². The van der Waals surface area contributed by atoms with Crippen molar-refractivity contribution in [2.75, 3.05) is 25.0 Å². The van der Waals surface area contributed by atoms with E-state index in [4.69, 9.17) is 5.11 Å². The fraction of sp³-hybridized carbons (Fsp3) is 0.462. The van der Waals surface area contributed by atoms with Gasteiger partial charge < -0.3 is 10.4 Å². The van der Waals surface area contributed by atoms with E-state index in [9.17, 15) is 13.6 Å². The third kappa shape index (κ3) is 5.32. The number of amides is 1. The molecule has 6 heteroatoms. The van der Waals surface area contributed by atoms with Gasteiger partial charge in [0, 0.05) is 24.3 Å². The van der Waals surface area contributed by atoms with Gasteiger partial charge in [0.2, 0.25) is 5.91 Å². The van der Waals surface area contributed by atoms with Gasteiger partial charge in [-0.1, -0.05) is 0 Å². The Bertz CT molecular complexity index is 418. The number of benzene rings is 1. The molecule has 0 atom stereocenters. The topological polar surface area (TPSA) is 52.6 Å². The smallest absolute Gasteiger partial charge is 0.238 e. The fourth-order valence-corrected chi connectivity index (χ4v) is 1.66. The van der Waals surface area contributed by atoms with E-state index in [1.807, 2.05) is 13.8 Å². The summed E-state index contributed by atoms with van der Waals surface area (Å²) < 4.78 is 25.9. The molecule has 1 aromatic carbocycles. The fourth-order valence-electron chi connectivity index (χ4n) is 1.66. The molecule has 106 valence electrons. The Labute approximate surface area is 111 Å². The van der Waals surface area contributed by atoms with Crippen LogP contribution in [0.1, 0.15) is 13.8 Å². The first-order valence-electron chi connectivity index (χ1n) is 6.03. The van der Waals surface area contributed by atoms with Crippen LogP contribution in [-0.4, -0.2) is 41.7 Å². The maximum absolute atomic E-state index is 13.0. The Hall–Kier alpha value is -1.53. The van der Waals surface area contributed by atoms with Gasteiger partial charge in [0.25, 0.3) is 0 Å². The molecule has 0 aromatic heterocycles. The summed E-state index contributed by atoms with van der Waals surface area (Å²) in [5.41, 5.74) is 0.0789. The molecule has 0 bridgehead atoms. The molecule has 19 heavy (non-hydrogen) atoms. The maximum Gasteiger partial charge on any atom is 0.238 e. The summed E-state index contributed by atoms with van der Waals surface area (Å²) in [5.74, 6) is -1.87. The number of anilines is 1. The molecule has 2 N–H and O–H groups in total. The lowest BCUT2D eigenvalue weighted by Crippen LogP contribution is -2.39. The van der Waals surface area contributed by atoms with Gasteiger partial charge in [0.05, 0.1) is 13.2 Å². The number of aliphatic hydroxyl groups excluding tert-OH is 1. The Balaban J connectivity index is 2.63. The number of nitrogens with zero attached hydrogens (tertiary/aromatic N) is 1. The second-order valence-electron chi connectivity index (χ2n) is 4.49. The zero-order valence-corrected chi connectivity index (χ0v) is 11.0. The third-order valence-electron chi connectivity index (χ3n) is 2.61. The minimum atomic E-state index is -0.744. The van der Waals surface area contributed by atoms with Crippen molar-refractivity contribution >= 4 is 11.6 Å². The van der Waals surface area contributed by atoms with E-state index in [1.54, 1.807) is 4.90 Å². The number of carbonyl (C=O) groups is 1. The maximum atomic E-state index is 13.0. The van der Waals surface area contributed by atoms with Gasteiger partial charge in [-0.2, -0.15) is 0 Å². The number of carbonyl (C=O) groups excluding carboxylic acids is 1. The predicted molar refractivity (Wildman–Crippen MR) is 68.8 cm³/mol. The molecule has 0 radical (unpaired) electrons. The number of nitrogens with one attached hydrogen (secondary N) is 1. The van der Waals surface area contributed by atoms with Crippen molar-refractivity contribution in [3.05, 3.63) is 29.8 Å². The Morgan fingerprint density at radius 2 is 1.89 bits per heavy atom. The highest BCUT2D eigenvalue weighted by molar-refractivity contribution is 5.92.